The van der Waals surface area contributed by atoms with E-state index in [1.165, 1.54) is 25.7 Å². The van der Waals surface area contributed by atoms with Crippen molar-refractivity contribution in [2.24, 2.45) is 0 Å². The molecule has 1 atom stereocenters. The number of nitrogens with zero attached hydrogens (tertiary/aromatic N) is 4. The fourth-order valence-corrected chi connectivity index (χ4v) is 4.03. The highest BCUT2D eigenvalue weighted by Gasteiger charge is 2.29. The van der Waals surface area contributed by atoms with Crippen LogP contribution in [-0.4, -0.2) is 44.8 Å². The van der Waals surface area contributed by atoms with Crippen molar-refractivity contribution in [1.29, 1.82) is 0 Å². The van der Waals surface area contributed by atoms with Crippen LogP contribution in [0.3, 0.4) is 0 Å². The van der Waals surface area contributed by atoms with Crippen LogP contribution in [0.25, 0.3) is 0 Å². The number of rotatable bonds is 2. The fraction of sp³-hybridized carbons (Fsp3) is 0.812. The largest absolute Gasteiger partial charge is 0.335 e. The second-order valence-corrected chi connectivity index (χ2v) is 6.98. The Morgan fingerprint density at radius 3 is 2.74 bits per heavy atom. The molecule has 1 aromatic rings. The highest BCUT2D eigenvalue weighted by molar-refractivity contribution is 5.74. The van der Waals surface area contributed by atoms with Gasteiger partial charge >= 0.3 is 6.03 Å². The minimum Gasteiger partial charge on any atom is -0.335 e. The molecule has 3 heterocycles. The van der Waals surface area contributed by atoms with Crippen LogP contribution in [-0.2, 0) is 13.1 Å². The van der Waals surface area contributed by atoms with Crippen LogP contribution in [0.4, 0.5) is 4.79 Å². The number of fused-ring (bicyclic) bond motifs is 1. The SMILES string of the molecule is O=C(NC1CCCCC1)N1CCn2c(nnc2C2CCCN2)C1. The molecule has 7 heteroatoms. The van der Waals surface area contributed by atoms with Gasteiger partial charge in [0.15, 0.2) is 5.82 Å². The van der Waals surface area contributed by atoms with E-state index in [1.807, 2.05) is 4.90 Å². The molecule has 0 spiro atoms. The van der Waals surface area contributed by atoms with Gasteiger partial charge in [-0.25, -0.2) is 4.79 Å². The monoisotopic (exact) mass is 318 g/mol. The van der Waals surface area contributed by atoms with Gasteiger partial charge in [-0.3, -0.25) is 0 Å². The van der Waals surface area contributed by atoms with Crippen molar-refractivity contribution < 1.29 is 4.79 Å². The van der Waals surface area contributed by atoms with E-state index in [2.05, 4.69) is 25.4 Å². The molecule has 2 aliphatic heterocycles. The maximum atomic E-state index is 12.5. The van der Waals surface area contributed by atoms with Crippen molar-refractivity contribution >= 4 is 6.03 Å². The fourth-order valence-electron chi connectivity index (χ4n) is 4.03. The van der Waals surface area contributed by atoms with Crippen LogP contribution in [0.15, 0.2) is 0 Å². The summed E-state index contributed by atoms with van der Waals surface area (Å²) in [6, 6.07) is 0.750. The van der Waals surface area contributed by atoms with E-state index in [-0.39, 0.29) is 6.03 Å². The zero-order chi connectivity index (χ0) is 15.6. The third kappa shape index (κ3) is 3.06. The van der Waals surface area contributed by atoms with Gasteiger partial charge in [0, 0.05) is 19.1 Å². The van der Waals surface area contributed by atoms with E-state index in [0.717, 1.165) is 50.5 Å². The van der Waals surface area contributed by atoms with Crippen molar-refractivity contribution in [2.75, 3.05) is 13.1 Å². The first-order valence-electron chi connectivity index (χ1n) is 9.02. The van der Waals surface area contributed by atoms with E-state index in [1.54, 1.807) is 0 Å². The Kier molecular flexibility index (Phi) is 4.20. The summed E-state index contributed by atoms with van der Waals surface area (Å²) in [5.41, 5.74) is 0. The lowest BCUT2D eigenvalue weighted by Crippen LogP contribution is -2.48. The molecule has 23 heavy (non-hydrogen) atoms. The molecule has 1 saturated carbocycles. The molecule has 3 aliphatic rings. The normalized spacial score (nSPS) is 25.4. The van der Waals surface area contributed by atoms with Crippen molar-refractivity contribution in [3.63, 3.8) is 0 Å². The lowest BCUT2D eigenvalue weighted by molar-refractivity contribution is 0.174. The Morgan fingerprint density at radius 1 is 1.09 bits per heavy atom. The smallest absolute Gasteiger partial charge is 0.318 e. The summed E-state index contributed by atoms with van der Waals surface area (Å²) in [6.45, 7) is 3.16. The molecule has 2 fully saturated rings. The summed E-state index contributed by atoms with van der Waals surface area (Å²) in [4.78, 5) is 14.4. The van der Waals surface area contributed by atoms with Gasteiger partial charge in [0.2, 0.25) is 0 Å². The highest BCUT2D eigenvalue weighted by atomic mass is 16.2. The molecule has 1 unspecified atom stereocenters. The van der Waals surface area contributed by atoms with Gasteiger partial charge in [0.25, 0.3) is 0 Å². The molecule has 2 N–H and O–H groups in total. The second-order valence-electron chi connectivity index (χ2n) is 6.98. The third-order valence-corrected chi connectivity index (χ3v) is 5.37. The number of carbonyl (C=O) groups is 1. The predicted octanol–water partition coefficient (Wildman–Crippen LogP) is 1.56. The van der Waals surface area contributed by atoms with E-state index in [0.29, 0.717) is 18.6 Å². The van der Waals surface area contributed by atoms with Gasteiger partial charge in [-0.15, -0.1) is 10.2 Å². The molecular weight excluding hydrogens is 292 g/mol. The lowest BCUT2D eigenvalue weighted by atomic mass is 9.96. The first-order chi connectivity index (χ1) is 11.3. The number of urea groups is 1. The zero-order valence-corrected chi connectivity index (χ0v) is 13.6. The van der Waals surface area contributed by atoms with Gasteiger partial charge < -0.3 is 20.1 Å². The summed E-state index contributed by atoms with van der Waals surface area (Å²) in [5.74, 6) is 1.96. The summed E-state index contributed by atoms with van der Waals surface area (Å²) in [5, 5.41) is 15.4. The quantitative estimate of drug-likeness (QED) is 0.868. The summed E-state index contributed by atoms with van der Waals surface area (Å²) in [7, 11) is 0. The number of aromatic nitrogens is 3. The van der Waals surface area contributed by atoms with Gasteiger partial charge in [-0.2, -0.15) is 0 Å². The van der Waals surface area contributed by atoms with E-state index >= 15 is 0 Å². The average Bonchev–Trinajstić information content (AvgIpc) is 3.24. The number of hydrogen-bond acceptors (Lipinski definition) is 4. The molecular formula is C16H26N6O. The summed E-state index contributed by atoms with van der Waals surface area (Å²) < 4.78 is 2.20. The van der Waals surface area contributed by atoms with Crippen molar-refractivity contribution in [3.05, 3.63) is 11.6 Å². The molecule has 1 aromatic heterocycles. The Balaban J connectivity index is 1.39. The van der Waals surface area contributed by atoms with Gasteiger partial charge in [-0.05, 0) is 32.2 Å². The summed E-state index contributed by atoms with van der Waals surface area (Å²) >= 11 is 0. The van der Waals surface area contributed by atoms with Crippen LogP contribution in [0.2, 0.25) is 0 Å². The molecule has 0 aromatic carbocycles. The van der Waals surface area contributed by atoms with E-state index in [9.17, 15) is 4.79 Å². The number of amides is 2. The van der Waals surface area contributed by atoms with E-state index in [4.69, 9.17) is 0 Å². The molecule has 0 radical (unpaired) electrons. The van der Waals surface area contributed by atoms with Crippen LogP contribution in [0, 0.1) is 0 Å². The predicted molar refractivity (Wildman–Crippen MR) is 85.8 cm³/mol. The minimum atomic E-state index is 0.0618. The maximum absolute atomic E-state index is 12.5. The highest BCUT2D eigenvalue weighted by Crippen LogP contribution is 2.24. The molecule has 1 aliphatic carbocycles. The molecule has 0 bridgehead atoms. The van der Waals surface area contributed by atoms with Gasteiger partial charge in [0.05, 0.1) is 12.6 Å². The number of carbonyl (C=O) groups excluding carboxylic acids is 1. The summed E-state index contributed by atoms with van der Waals surface area (Å²) in [6.07, 6.45) is 8.33. The lowest BCUT2D eigenvalue weighted by Gasteiger charge is -2.31. The number of nitrogens with one attached hydrogen (secondary N) is 2. The topological polar surface area (TPSA) is 75.1 Å². The van der Waals surface area contributed by atoms with Crippen LogP contribution < -0.4 is 10.6 Å². The Hall–Kier alpha value is -1.63. The molecule has 4 rings (SSSR count). The molecule has 7 nitrogen and oxygen atoms in total. The van der Waals surface area contributed by atoms with Crippen molar-refractivity contribution in [3.8, 4) is 0 Å². The molecule has 126 valence electrons. The van der Waals surface area contributed by atoms with Crippen LogP contribution >= 0.6 is 0 Å². The first kappa shape index (κ1) is 14.9. The second kappa shape index (κ2) is 6.47. The van der Waals surface area contributed by atoms with Gasteiger partial charge in [-0.1, -0.05) is 19.3 Å². The standard InChI is InChI=1S/C16H26N6O/c23-16(18-12-5-2-1-3-6-12)21-9-10-22-14(11-21)19-20-15(22)13-7-4-8-17-13/h12-13,17H,1-11H2,(H,18,23). The average molecular weight is 318 g/mol. The van der Waals surface area contributed by atoms with Crippen molar-refractivity contribution in [1.82, 2.24) is 30.3 Å². The molecule has 2 amide bonds. The van der Waals surface area contributed by atoms with Crippen LogP contribution in [0.5, 0.6) is 0 Å². The maximum Gasteiger partial charge on any atom is 0.318 e. The Bertz CT molecular complexity index is 559. The first-order valence-corrected chi connectivity index (χ1v) is 9.02. The Labute approximate surface area is 136 Å². The van der Waals surface area contributed by atoms with Crippen molar-refractivity contribution in [2.45, 2.75) is 70.1 Å². The zero-order valence-electron chi connectivity index (χ0n) is 13.6. The third-order valence-electron chi connectivity index (χ3n) is 5.37. The number of hydrogen-bond donors (Lipinski definition) is 2. The van der Waals surface area contributed by atoms with E-state index < -0.39 is 0 Å². The minimum absolute atomic E-state index is 0.0618. The van der Waals surface area contributed by atoms with Gasteiger partial charge in [0.1, 0.15) is 5.82 Å². The molecule has 1 saturated heterocycles. The van der Waals surface area contributed by atoms with Crippen LogP contribution in [0.1, 0.15) is 62.6 Å². The Morgan fingerprint density at radius 2 is 1.96 bits per heavy atom.